The summed E-state index contributed by atoms with van der Waals surface area (Å²) in [4.78, 5) is 38.1. The number of rotatable bonds is 50. The van der Waals surface area contributed by atoms with Crippen LogP contribution in [0.25, 0.3) is 0 Å². The maximum Gasteiger partial charge on any atom is 0.306 e. The van der Waals surface area contributed by atoms with Gasteiger partial charge in [-0.05, 0) is 89.9 Å². The van der Waals surface area contributed by atoms with Crippen molar-refractivity contribution >= 4 is 17.9 Å². The highest BCUT2D eigenvalue weighted by Crippen LogP contribution is 2.16. The van der Waals surface area contributed by atoms with Crippen molar-refractivity contribution in [3.63, 3.8) is 0 Å². The Labute approximate surface area is 408 Å². The number of allylic oxidation sites excluding steroid dienone is 12. The van der Waals surface area contributed by atoms with Crippen molar-refractivity contribution in [2.45, 2.75) is 277 Å². The van der Waals surface area contributed by atoms with Crippen LogP contribution in [-0.4, -0.2) is 37.2 Å². The van der Waals surface area contributed by atoms with Crippen LogP contribution in [0.15, 0.2) is 72.9 Å². The fourth-order valence-corrected chi connectivity index (χ4v) is 7.76. The van der Waals surface area contributed by atoms with Gasteiger partial charge in [0.15, 0.2) is 6.10 Å². The SMILES string of the molecule is CC/C=C/C/C=C/C/C=C/CCCCCCCC(=O)OC[C@H](COC(=O)CCCCCC/C=C/C/C=C/C/C=C/CCCCC)OC(=O)CCCCCCCCCCCCCCCCCC. The minimum absolute atomic E-state index is 0.0900. The van der Waals surface area contributed by atoms with Gasteiger partial charge in [0.1, 0.15) is 13.2 Å². The molecule has 0 bridgehead atoms. The molecule has 0 amide bonds. The monoisotopic (exact) mass is 921 g/mol. The first-order valence-electron chi connectivity index (χ1n) is 27.9. The molecular weight excluding hydrogens is 817 g/mol. The van der Waals surface area contributed by atoms with Gasteiger partial charge >= 0.3 is 17.9 Å². The number of hydrogen-bond acceptors (Lipinski definition) is 6. The van der Waals surface area contributed by atoms with E-state index in [1.54, 1.807) is 0 Å². The van der Waals surface area contributed by atoms with E-state index in [9.17, 15) is 14.4 Å². The molecule has 66 heavy (non-hydrogen) atoms. The summed E-state index contributed by atoms with van der Waals surface area (Å²) in [5.74, 6) is -0.918. The fourth-order valence-electron chi connectivity index (χ4n) is 7.76. The molecule has 0 spiro atoms. The Bertz CT molecular complexity index is 1240. The van der Waals surface area contributed by atoms with Crippen LogP contribution in [0.3, 0.4) is 0 Å². The quantitative estimate of drug-likeness (QED) is 0.0262. The molecule has 0 aromatic rings. The first-order valence-corrected chi connectivity index (χ1v) is 27.9. The predicted molar refractivity (Wildman–Crippen MR) is 284 cm³/mol. The van der Waals surface area contributed by atoms with Crippen molar-refractivity contribution in [1.82, 2.24) is 0 Å². The second kappa shape index (κ2) is 54.5. The topological polar surface area (TPSA) is 78.9 Å². The lowest BCUT2D eigenvalue weighted by atomic mass is 10.0. The zero-order valence-corrected chi connectivity index (χ0v) is 43.4. The summed E-state index contributed by atoms with van der Waals surface area (Å²) in [5.41, 5.74) is 0. The van der Waals surface area contributed by atoms with Crippen molar-refractivity contribution in [2.75, 3.05) is 13.2 Å². The van der Waals surface area contributed by atoms with Gasteiger partial charge in [0, 0.05) is 19.3 Å². The van der Waals surface area contributed by atoms with Gasteiger partial charge in [-0.25, -0.2) is 0 Å². The first-order chi connectivity index (χ1) is 32.5. The van der Waals surface area contributed by atoms with E-state index < -0.39 is 6.10 Å². The smallest absolute Gasteiger partial charge is 0.306 e. The Kier molecular flexibility index (Phi) is 51.9. The standard InChI is InChI=1S/C60H104O6/c1-4-7-10-13-16-19-22-25-28-30-33-35-38-41-44-47-50-53-59(62)65-56-57(55-64-58(61)52-49-46-43-40-37-34-31-27-24-21-18-15-12-9-6-3)66-60(63)54-51-48-45-42-39-36-32-29-26-23-20-17-14-11-8-5-2/h9,12,16,18-19,21,25,27-28,31,33,35,57H,4-8,10-11,13-15,17,20,22-24,26,29-30,32,34,36-56H2,1-3H3/b12-9+,19-16+,21-18+,28-25+,31-27+,35-33+/t57-/m1/s1. The summed E-state index contributed by atoms with van der Waals surface area (Å²) in [6.07, 6.45) is 68.8. The minimum atomic E-state index is -0.790. The largest absolute Gasteiger partial charge is 0.462 e. The molecule has 6 heteroatoms. The summed E-state index contributed by atoms with van der Waals surface area (Å²) in [6, 6.07) is 0. The van der Waals surface area contributed by atoms with E-state index in [2.05, 4.69) is 93.7 Å². The van der Waals surface area contributed by atoms with Crippen molar-refractivity contribution < 1.29 is 28.6 Å². The third kappa shape index (κ3) is 51.8. The maximum absolute atomic E-state index is 12.8. The van der Waals surface area contributed by atoms with E-state index in [1.165, 1.54) is 109 Å². The third-order valence-corrected chi connectivity index (χ3v) is 11.9. The molecule has 0 unspecified atom stereocenters. The van der Waals surface area contributed by atoms with E-state index in [0.717, 1.165) is 122 Å². The van der Waals surface area contributed by atoms with Gasteiger partial charge in [0.05, 0.1) is 0 Å². The molecule has 0 saturated carbocycles. The Morgan fingerprint density at radius 1 is 0.318 bits per heavy atom. The molecule has 0 aliphatic carbocycles. The molecule has 0 fully saturated rings. The van der Waals surface area contributed by atoms with Crippen LogP contribution in [0.1, 0.15) is 271 Å². The Morgan fingerprint density at radius 3 is 0.955 bits per heavy atom. The van der Waals surface area contributed by atoms with Crippen LogP contribution >= 0.6 is 0 Å². The van der Waals surface area contributed by atoms with E-state index in [0.29, 0.717) is 19.3 Å². The number of esters is 3. The first kappa shape index (κ1) is 62.8. The van der Waals surface area contributed by atoms with Gasteiger partial charge in [-0.2, -0.15) is 0 Å². The summed E-state index contributed by atoms with van der Waals surface area (Å²) < 4.78 is 16.8. The number of ether oxygens (including phenoxy) is 3. The van der Waals surface area contributed by atoms with Gasteiger partial charge < -0.3 is 14.2 Å². The fraction of sp³-hybridized carbons (Fsp3) is 0.750. The van der Waals surface area contributed by atoms with Gasteiger partial charge in [-0.3, -0.25) is 14.4 Å². The van der Waals surface area contributed by atoms with Crippen LogP contribution in [0.2, 0.25) is 0 Å². The molecular formula is C60H104O6. The lowest BCUT2D eigenvalue weighted by Gasteiger charge is -2.18. The van der Waals surface area contributed by atoms with Crippen molar-refractivity contribution in [2.24, 2.45) is 0 Å². The molecule has 0 aromatic carbocycles. The van der Waals surface area contributed by atoms with Crippen molar-refractivity contribution in [3.8, 4) is 0 Å². The van der Waals surface area contributed by atoms with Gasteiger partial charge in [0.25, 0.3) is 0 Å². The van der Waals surface area contributed by atoms with E-state index in [4.69, 9.17) is 14.2 Å². The van der Waals surface area contributed by atoms with Crippen LogP contribution in [-0.2, 0) is 28.6 Å². The average Bonchev–Trinajstić information content (AvgIpc) is 3.31. The number of carbonyl (C=O) groups excluding carboxylic acids is 3. The molecule has 380 valence electrons. The second-order valence-electron chi connectivity index (χ2n) is 18.5. The average molecular weight is 921 g/mol. The summed E-state index contributed by atoms with van der Waals surface area (Å²) in [7, 11) is 0. The van der Waals surface area contributed by atoms with Gasteiger partial charge in [0.2, 0.25) is 0 Å². The Hall–Kier alpha value is -3.15. The molecule has 0 radical (unpaired) electrons. The van der Waals surface area contributed by atoms with Crippen molar-refractivity contribution in [3.05, 3.63) is 72.9 Å². The summed E-state index contributed by atoms with van der Waals surface area (Å²) in [5, 5.41) is 0. The van der Waals surface area contributed by atoms with Gasteiger partial charge in [-0.15, -0.1) is 0 Å². The number of carbonyl (C=O) groups is 3. The highest BCUT2D eigenvalue weighted by Gasteiger charge is 2.19. The molecule has 0 aliphatic heterocycles. The number of unbranched alkanes of at least 4 members (excludes halogenated alkanes) is 27. The molecule has 0 rings (SSSR count). The molecule has 0 heterocycles. The van der Waals surface area contributed by atoms with Crippen molar-refractivity contribution in [1.29, 1.82) is 0 Å². The highest BCUT2D eigenvalue weighted by molar-refractivity contribution is 5.71. The maximum atomic E-state index is 12.8. The zero-order chi connectivity index (χ0) is 47.9. The zero-order valence-electron chi connectivity index (χ0n) is 43.4. The molecule has 0 N–H and O–H groups in total. The lowest BCUT2D eigenvalue weighted by molar-refractivity contribution is -0.167. The number of hydrogen-bond donors (Lipinski definition) is 0. The molecule has 1 atom stereocenters. The van der Waals surface area contributed by atoms with Crippen LogP contribution < -0.4 is 0 Å². The predicted octanol–water partition coefficient (Wildman–Crippen LogP) is 18.6. The Morgan fingerprint density at radius 2 is 0.591 bits per heavy atom. The second-order valence-corrected chi connectivity index (χ2v) is 18.5. The molecule has 6 nitrogen and oxygen atoms in total. The van der Waals surface area contributed by atoms with Gasteiger partial charge in [-0.1, -0.05) is 235 Å². The van der Waals surface area contributed by atoms with E-state index in [-0.39, 0.29) is 31.1 Å². The lowest BCUT2D eigenvalue weighted by Crippen LogP contribution is -2.30. The van der Waals surface area contributed by atoms with Crippen LogP contribution in [0, 0.1) is 0 Å². The molecule has 0 aliphatic rings. The minimum Gasteiger partial charge on any atom is -0.462 e. The van der Waals surface area contributed by atoms with Crippen LogP contribution in [0.5, 0.6) is 0 Å². The Balaban J connectivity index is 4.43. The molecule has 0 aromatic heterocycles. The normalized spacial score (nSPS) is 12.6. The van der Waals surface area contributed by atoms with E-state index >= 15 is 0 Å². The highest BCUT2D eigenvalue weighted by atomic mass is 16.6. The summed E-state index contributed by atoms with van der Waals surface area (Å²) >= 11 is 0. The molecule has 0 saturated heterocycles. The summed E-state index contributed by atoms with van der Waals surface area (Å²) in [6.45, 7) is 6.49. The van der Waals surface area contributed by atoms with Crippen LogP contribution in [0.4, 0.5) is 0 Å². The third-order valence-electron chi connectivity index (χ3n) is 11.9. The van der Waals surface area contributed by atoms with E-state index in [1.807, 2.05) is 0 Å².